The van der Waals surface area contributed by atoms with E-state index in [9.17, 15) is 0 Å². The first kappa shape index (κ1) is 38.0. The van der Waals surface area contributed by atoms with E-state index in [-0.39, 0.29) is 0 Å². The van der Waals surface area contributed by atoms with Gasteiger partial charge in [-0.2, -0.15) is 0 Å². The molecule has 0 radical (unpaired) electrons. The minimum absolute atomic E-state index is 0.456. The van der Waals surface area contributed by atoms with Crippen molar-refractivity contribution in [3.05, 3.63) is 171 Å². The van der Waals surface area contributed by atoms with Gasteiger partial charge in [-0.25, -0.2) is 4.39 Å². The first-order chi connectivity index (χ1) is 22.8. The van der Waals surface area contributed by atoms with E-state index < -0.39 is 6.67 Å². The molecular formula is C47H55F. The molecule has 0 aliphatic rings. The van der Waals surface area contributed by atoms with E-state index in [1.807, 2.05) is 25.2 Å². The number of allylic oxidation sites excluding steroid dienone is 15. The molecule has 0 bridgehead atoms. The molecule has 3 aromatic rings. The van der Waals surface area contributed by atoms with E-state index in [1.165, 1.54) is 33.4 Å². The second-order valence-corrected chi connectivity index (χ2v) is 13.5. The molecule has 0 spiro atoms. The maximum absolute atomic E-state index is 15.4. The summed E-state index contributed by atoms with van der Waals surface area (Å²) in [6, 6.07) is 23.8. The lowest BCUT2D eigenvalue weighted by atomic mass is 9.85. The number of aryl methyl sites for hydroxylation is 1. The largest absolute Gasteiger partial charge is 0.246 e. The zero-order chi connectivity index (χ0) is 35.5. The highest BCUT2D eigenvalue weighted by Crippen LogP contribution is 2.38. The minimum Gasteiger partial charge on any atom is -0.246 e. The van der Waals surface area contributed by atoms with Gasteiger partial charge in [0.25, 0.3) is 0 Å². The van der Waals surface area contributed by atoms with E-state index in [1.54, 1.807) is 0 Å². The Morgan fingerprint density at radius 1 is 0.771 bits per heavy atom. The minimum atomic E-state index is -0.574. The maximum Gasteiger partial charge on any atom is 0.115 e. The molecular weight excluding hydrogens is 584 g/mol. The maximum atomic E-state index is 15.4. The van der Waals surface area contributed by atoms with Gasteiger partial charge in [-0.15, -0.1) is 0 Å². The summed E-state index contributed by atoms with van der Waals surface area (Å²) >= 11 is 0. The van der Waals surface area contributed by atoms with Crippen molar-refractivity contribution < 1.29 is 4.39 Å². The van der Waals surface area contributed by atoms with Crippen molar-refractivity contribution in [3.63, 3.8) is 0 Å². The first-order valence-corrected chi connectivity index (χ1v) is 17.1. The summed E-state index contributed by atoms with van der Waals surface area (Å²) < 4.78 is 15.4. The Kier molecular flexibility index (Phi) is 13.9. The molecule has 1 heteroatoms. The average Bonchev–Trinajstić information content (AvgIpc) is 3.04. The van der Waals surface area contributed by atoms with Crippen molar-refractivity contribution in [2.45, 2.75) is 76.2 Å². The van der Waals surface area contributed by atoms with Gasteiger partial charge < -0.3 is 0 Å². The molecule has 0 aliphatic carbocycles. The summed E-state index contributed by atoms with van der Waals surface area (Å²) in [6.45, 7) is 26.7. The highest BCUT2D eigenvalue weighted by atomic mass is 19.1. The quantitative estimate of drug-likeness (QED) is 0.173. The fourth-order valence-electron chi connectivity index (χ4n) is 6.41. The summed E-state index contributed by atoms with van der Waals surface area (Å²) in [5.74, 6) is 0.456. The van der Waals surface area contributed by atoms with Crippen LogP contribution in [-0.2, 0) is 0 Å². The molecule has 0 unspecified atom stereocenters. The van der Waals surface area contributed by atoms with Crippen LogP contribution in [0.25, 0.3) is 27.8 Å². The number of alkyl halides is 1. The fourth-order valence-corrected chi connectivity index (χ4v) is 6.41. The van der Waals surface area contributed by atoms with E-state index in [0.717, 1.165) is 50.1 Å². The molecule has 48 heavy (non-hydrogen) atoms. The predicted octanol–water partition coefficient (Wildman–Crippen LogP) is 14.3. The van der Waals surface area contributed by atoms with Crippen LogP contribution in [-0.4, -0.2) is 6.67 Å². The van der Waals surface area contributed by atoms with Crippen molar-refractivity contribution in [1.29, 1.82) is 0 Å². The van der Waals surface area contributed by atoms with Gasteiger partial charge in [0, 0.05) is 0 Å². The van der Waals surface area contributed by atoms with Crippen LogP contribution >= 0.6 is 0 Å². The molecule has 0 heterocycles. The Bertz CT molecular complexity index is 1850. The standard InChI is InChI=1S/C47H55F/c1-13-33(6)19-16-25-44(37(10)36(9)28-34(7)27-31(2)3)46(30-48)39(12)47(32(4)5)41-22-17-21-40(29-41)43-24-18-26-45(38(43)11)42-23-15-14-20-35(42)8/h13-29,31H,1,30H2,2-12H3/b25-16+,33-19-,34-27+,36-28-,44-37+,46-39+. The van der Waals surface area contributed by atoms with E-state index >= 15 is 4.39 Å². The van der Waals surface area contributed by atoms with Gasteiger partial charge in [0.05, 0.1) is 0 Å². The Hall–Kier alpha value is -4.49. The lowest BCUT2D eigenvalue weighted by Crippen LogP contribution is -2.02. The number of benzene rings is 3. The molecule has 0 N–H and O–H groups in total. The topological polar surface area (TPSA) is 0 Å². The Morgan fingerprint density at radius 3 is 2.04 bits per heavy atom. The van der Waals surface area contributed by atoms with E-state index in [4.69, 9.17) is 0 Å². The summed E-state index contributed by atoms with van der Waals surface area (Å²) in [5.41, 5.74) is 17.7. The van der Waals surface area contributed by atoms with Crippen molar-refractivity contribution >= 4 is 5.57 Å². The van der Waals surface area contributed by atoms with Crippen molar-refractivity contribution in [2.75, 3.05) is 6.67 Å². The molecule has 0 saturated heterocycles. The number of hydrogen-bond acceptors (Lipinski definition) is 0. The van der Waals surface area contributed by atoms with Gasteiger partial charge in [-0.3, -0.25) is 0 Å². The molecule has 0 aliphatic heterocycles. The van der Waals surface area contributed by atoms with Gasteiger partial charge in [-0.1, -0.05) is 134 Å². The summed E-state index contributed by atoms with van der Waals surface area (Å²) in [4.78, 5) is 0. The highest BCUT2D eigenvalue weighted by molar-refractivity contribution is 5.86. The van der Waals surface area contributed by atoms with Crippen LogP contribution in [0.1, 0.15) is 79.0 Å². The molecule has 0 fully saturated rings. The lowest BCUT2D eigenvalue weighted by molar-refractivity contribution is 0.545. The van der Waals surface area contributed by atoms with Crippen LogP contribution in [0.2, 0.25) is 0 Å². The molecule has 0 atom stereocenters. The Balaban J connectivity index is 2.26. The number of hydrogen-bond donors (Lipinski definition) is 0. The summed E-state index contributed by atoms with van der Waals surface area (Å²) in [7, 11) is 0. The zero-order valence-electron chi connectivity index (χ0n) is 31.2. The zero-order valence-corrected chi connectivity index (χ0v) is 31.2. The third-order valence-corrected chi connectivity index (χ3v) is 9.00. The molecule has 3 rings (SSSR count). The molecule has 250 valence electrons. The Morgan fingerprint density at radius 2 is 1.42 bits per heavy atom. The van der Waals surface area contributed by atoms with Crippen LogP contribution in [0.4, 0.5) is 4.39 Å². The fraction of sp³-hybridized carbons (Fsp3) is 0.277. The van der Waals surface area contributed by atoms with Crippen molar-refractivity contribution in [2.24, 2.45) is 5.92 Å². The highest BCUT2D eigenvalue weighted by Gasteiger charge is 2.18. The van der Waals surface area contributed by atoms with Crippen molar-refractivity contribution in [3.8, 4) is 22.3 Å². The lowest BCUT2D eigenvalue weighted by Gasteiger charge is -2.20. The van der Waals surface area contributed by atoms with E-state index in [2.05, 4.69) is 161 Å². The van der Waals surface area contributed by atoms with Crippen LogP contribution in [0.5, 0.6) is 0 Å². The average molecular weight is 639 g/mol. The summed E-state index contributed by atoms with van der Waals surface area (Å²) in [6.07, 6.45) is 12.4. The number of halogens is 1. The third kappa shape index (κ3) is 9.54. The first-order valence-electron chi connectivity index (χ1n) is 17.1. The van der Waals surface area contributed by atoms with Crippen LogP contribution in [0.3, 0.4) is 0 Å². The third-order valence-electron chi connectivity index (χ3n) is 9.00. The smallest absolute Gasteiger partial charge is 0.115 e. The molecule has 0 nitrogen and oxygen atoms in total. The number of rotatable bonds is 12. The molecule has 0 saturated carbocycles. The molecule has 3 aromatic carbocycles. The van der Waals surface area contributed by atoms with Crippen LogP contribution < -0.4 is 0 Å². The SMILES string of the molecule is C=C\C(C)=C/C=C/C(C(/CF)=C(\C)C(=C(C)C)c1cccc(-c2cccc(-c3ccccc3C)c2C)c1)=C(C)\C(C)=C/C(C)=C/C(C)C. The van der Waals surface area contributed by atoms with Crippen LogP contribution in [0.15, 0.2) is 154 Å². The molecule has 0 aromatic heterocycles. The normalized spacial score (nSPS) is 13.9. The van der Waals surface area contributed by atoms with Gasteiger partial charge in [0.2, 0.25) is 0 Å². The molecule has 0 amide bonds. The second-order valence-electron chi connectivity index (χ2n) is 13.5. The van der Waals surface area contributed by atoms with Gasteiger partial charge >= 0.3 is 0 Å². The van der Waals surface area contributed by atoms with Gasteiger partial charge in [-0.05, 0) is 147 Å². The monoisotopic (exact) mass is 638 g/mol. The van der Waals surface area contributed by atoms with E-state index in [0.29, 0.717) is 11.5 Å². The van der Waals surface area contributed by atoms with Gasteiger partial charge in [0.1, 0.15) is 6.67 Å². The summed E-state index contributed by atoms with van der Waals surface area (Å²) in [5, 5.41) is 0. The second kappa shape index (κ2) is 17.6. The Labute approximate surface area is 291 Å². The van der Waals surface area contributed by atoms with Gasteiger partial charge in [0.15, 0.2) is 0 Å². The predicted molar refractivity (Wildman–Crippen MR) is 212 cm³/mol. The van der Waals surface area contributed by atoms with Crippen molar-refractivity contribution in [1.82, 2.24) is 0 Å². The van der Waals surface area contributed by atoms with Crippen LogP contribution in [0, 0.1) is 19.8 Å².